The predicted molar refractivity (Wildman–Crippen MR) is 117 cm³/mol. The zero-order chi connectivity index (χ0) is 19.1. The Labute approximate surface area is 166 Å². The molecule has 3 atom stereocenters. The molecule has 1 fully saturated rings. The van der Waals surface area contributed by atoms with Crippen molar-refractivity contribution in [2.45, 2.75) is 85.2 Å². The fourth-order valence-electron chi connectivity index (χ4n) is 3.89. The van der Waals surface area contributed by atoms with E-state index in [9.17, 15) is 0 Å². The minimum atomic E-state index is 0.482. The number of unbranched alkanes of at least 4 members (excludes halogenated alkanes) is 1. The third kappa shape index (κ3) is 6.11. The molecule has 2 rings (SSSR count). The number of nitrogens with zero attached hydrogens (tertiary/aromatic N) is 3. The Kier molecular flexibility index (Phi) is 8.65. The van der Waals surface area contributed by atoms with Crippen LogP contribution in [0.5, 0.6) is 0 Å². The van der Waals surface area contributed by atoms with Crippen LogP contribution in [0.15, 0.2) is 4.99 Å². The summed E-state index contributed by atoms with van der Waals surface area (Å²) >= 11 is 5.75. The van der Waals surface area contributed by atoms with Gasteiger partial charge >= 0.3 is 0 Å². The van der Waals surface area contributed by atoms with E-state index in [4.69, 9.17) is 17.2 Å². The van der Waals surface area contributed by atoms with Crippen LogP contribution in [0.1, 0.15) is 73.1 Å². The fraction of sp³-hybridized carbons (Fsp3) is 0.905. The lowest BCUT2D eigenvalue weighted by Crippen LogP contribution is -2.34. The summed E-state index contributed by atoms with van der Waals surface area (Å²) in [6, 6.07) is 1.05. The molecule has 0 aliphatic carbocycles. The highest BCUT2D eigenvalue weighted by Crippen LogP contribution is 2.19. The number of nitrogens with one attached hydrogen (secondary N) is 1. The van der Waals surface area contributed by atoms with E-state index in [0.29, 0.717) is 18.0 Å². The van der Waals surface area contributed by atoms with Gasteiger partial charge in [-0.15, -0.1) is 0 Å². The van der Waals surface area contributed by atoms with E-state index in [0.717, 1.165) is 43.6 Å². The topological polar surface area (TPSA) is 30.9 Å². The third-order valence-corrected chi connectivity index (χ3v) is 6.34. The molecule has 0 radical (unpaired) electrons. The van der Waals surface area contributed by atoms with Crippen molar-refractivity contribution in [3.63, 3.8) is 0 Å². The van der Waals surface area contributed by atoms with Crippen LogP contribution >= 0.6 is 12.2 Å². The maximum absolute atomic E-state index is 5.75. The van der Waals surface area contributed by atoms with Gasteiger partial charge in [0, 0.05) is 38.1 Å². The second-order valence-electron chi connectivity index (χ2n) is 8.66. The van der Waals surface area contributed by atoms with Crippen molar-refractivity contribution in [1.82, 2.24) is 15.1 Å². The van der Waals surface area contributed by atoms with Crippen molar-refractivity contribution < 1.29 is 0 Å². The Bertz CT molecular complexity index is 477. The van der Waals surface area contributed by atoms with Crippen LogP contribution in [-0.2, 0) is 0 Å². The highest BCUT2D eigenvalue weighted by Gasteiger charge is 2.30. The monoisotopic (exact) mass is 380 g/mol. The van der Waals surface area contributed by atoms with Crippen LogP contribution in [0, 0.1) is 11.8 Å². The smallest absolute Gasteiger partial charge is 0.171 e. The molecule has 26 heavy (non-hydrogen) atoms. The van der Waals surface area contributed by atoms with E-state index in [-0.39, 0.29) is 0 Å². The molecular formula is C21H40N4S. The van der Waals surface area contributed by atoms with Gasteiger partial charge in [0.1, 0.15) is 0 Å². The van der Waals surface area contributed by atoms with Crippen LogP contribution < -0.4 is 5.32 Å². The summed E-state index contributed by atoms with van der Waals surface area (Å²) in [5.74, 6) is 2.58. The van der Waals surface area contributed by atoms with Gasteiger partial charge in [-0.3, -0.25) is 4.99 Å². The number of thiocarbonyl (C=S) groups is 1. The molecule has 5 heteroatoms. The zero-order valence-electron chi connectivity index (χ0n) is 17.6. The van der Waals surface area contributed by atoms with Gasteiger partial charge in [0.15, 0.2) is 5.11 Å². The first-order valence-corrected chi connectivity index (χ1v) is 11.2. The summed E-state index contributed by atoms with van der Waals surface area (Å²) in [5, 5.41) is 4.58. The molecule has 0 bridgehead atoms. The average molecular weight is 381 g/mol. The summed E-state index contributed by atoms with van der Waals surface area (Å²) < 4.78 is 0. The highest BCUT2D eigenvalue weighted by molar-refractivity contribution is 7.80. The number of hydrogen-bond donors (Lipinski definition) is 1. The van der Waals surface area contributed by atoms with Crippen LogP contribution in [0.3, 0.4) is 0 Å². The summed E-state index contributed by atoms with van der Waals surface area (Å²) in [7, 11) is 0. The van der Waals surface area contributed by atoms with E-state index in [1.807, 2.05) is 0 Å². The maximum Gasteiger partial charge on any atom is 0.171 e. The van der Waals surface area contributed by atoms with Gasteiger partial charge < -0.3 is 15.1 Å². The Morgan fingerprint density at radius 3 is 2.65 bits per heavy atom. The standard InChI is InChI=1S/C21H40N4S/c1-6-17(4)20-22-14-19(23-20)11-7-8-12-24-15-18(5)25(21(24)26)13-9-10-16(2)3/h16-19H,6-15H2,1-5H3,(H,22,23)/t17?,18-,19+/m1/s1. The Balaban J connectivity index is 1.65. The van der Waals surface area contributed by atoms with Crippen LogP contribution in [0.2, 0.25) is 0 Å². The molecule has 2 aliphatic rings. The quantitative estimate of drug-likeness (QED) is 0.428. The van der Waals surface area contributed by atoms with E-state index in [1.165, 1.54) is 37.9 Å². The predicted octanol–water partition coefficient (Wildman–Crippen LogP) is 4.30. The van der Waals surface area contributed by atoms with E-state index in [2.05, 4.69) is 49.7 Å². The zero-order valence-corrected chi connectivity index (χ0v) is 18.4. The number of rotatable bonds is 11. The van der Waals surface area contributed by atoms with Gasteiger partial charge in [0.05, 0.1) is 11.9 Å². The molecule has 1 unspecified atom stereocenters. The van der Waals surface area contributed by atoms with Crippen molar-refractivity contribution in [1.29, 1.82) is 0 Å². The van der Waals surface area contributed by atoms with Gasteiger partial charge in [-0.1, -0.05) is 27.7 Å². The third-order valence-electron chi connectivity index (χ3n) is 5.85. The summed E-state index contributed by atoms with van der Waals surface area (Å²) in [6.07, 6.45) is 7.36. The van der Waals surface area contributed by atoms with Crippen LogP contribution in [-0.4, -0.2) is 59.0 Å². The first-order chi connectivity index (χ1) is 12.4. The van der Waals surface area contributed by atoms with Crippen molar-refractivity contribution in [3.8, 4) is 0 Å². The van der Waals surface area contributed by atoms with Gasteiger partial charge in [0.2, 0.25) is 0 Å². The molecule has 2 aliphatic heterocycles. The van der Waals surface area contributed by atoms with Crippen LogP contribution in [0.4, 0.5) is 0 Å². The molecule has 0 saturated carbocycles. The van der Waals surface area contributed by atoms with Gasteiger partial charge in [-0.25, -0.2) is 0 Å². The van der Waals surface area contributed by atoms with Gasteiger partial charge in [-0.2, -0.15) is 0 Å². The van der Waals surface area contributed by atoms with Crippen LogP contribution in [0.25, 0.3) is 0 Å². The second-order valence-corrected chi connectivity index (χ2v) is 9.03. The minimum Gasteiger partial charge on any atom is -0.371 e. The van der Waals surface area contributed by atoms with Gasteiger partial charge in [-0.05, 0) is 63.6 Å². The van der Waals surface area contributed by atoms with Crippen molar-refractivity contribution in [2.24, 2.45) is 16.8 Å². The molecular weight excluding hydrogens is 340 g/mol. The summed E-state index contributed by atoms with van der Waals surface area (Å²) in [5.41, 5.74) is 0. The normalized spacial score (nSPS) is 24.4. The molecule has 0 amide bonds. The van der Waals surface area contributed by atoms with E-state index < -0.39 is 0 Å². The second kappa shape index (κ2) is 10.5. The summed E-state index contributed by atoms with van der Waals surface area (Å²) in [6.45, 7) is 15.8. The highest BCUT2D eigenvalue weighted by atomic mass is 32.1. The fourth-order valence-corrected chi connectivity index (χ4v) is 4.33. The summed E-state index contributed by atoms with van der Waals surface area (Å²) in [4.78, 5) is 9.75. The molecule has 150 valence electrons. The first kappa shape index (κ1) is 21.5. The van der Waals surface area contributed by atoms with Crippen molar-refractivity contribution in [3.05, 3.63) is 0 Å². The number of aliphatic imine (C=N–C) groups is 1. The molecule has 2 heterocycles. The lowest BCUT2D eigenvalue weighted by Gasteiger charge is -2.24. The van der Waals surface area contributed by atoms with Crippen molar-refractivity contribution in [2.75, 3.05) is 26.2 Å². The minimum absolute atomic E-state index is 0.482. The molecule has 1 N–H and O–H groups in total. The lowest BCUT2D eigenvalue weighted by atomic mass is 10.1. The molecule has 1 saturated heterocycles. The molecule has 0 aromatic heterocycles. The first-order valence-electron chi connectivity index (χ1n) is 10.8. The Morgan fingerprint density at radius 2 is 1.96 bits per heavy atom. The Morgan fingerprint density at radius 1 is 1.19 bits per heavy atom. The average Bonchev–Trinajstić information content (AvgIpc) is 3.17. The van der Waals surface area contributed by atoms with Crippen molar-refractivity contribution >= 4 is 23.2 Å². The Hall–Kier alpha value is -0.840. The van der Waals surface area contributed by atoms with Gasteiger partial charge in [0.25, 0.3) is 0 Å². The lowest BCUT2D eigenvalue weighted by molar-refractivity contribution is 0.346. The number of amidine groups is 1. The van der Waals surface area contributed by atoms with E-state index in [1.54, 1.807) is 0 Å². The molecule has 0 spiro atoms. The molecule has 0 aromatic rings. The molecule has 0 aromatic carbocycles. The number of hydrogen-bond acceptors (Lipinski definition) is 3. The van der Waals surface area contributed by atoms with E-state index >= 15 is 0 Å². The maximum atomic E-state index is 5.75. The SMILES string of the molecule is CCC(C)C1=N[C@@H](CCCCN2C[C@@H](C)N(CCCC(C)C)C2=S)CN1. The largest absolute Gasteiger partial charge is 0.371 e. The molecule has 4 nitrogen and oxygen atoms in total.